The molecule has 0 saturated carbocycles. The molecule has 1 atom stereocenters. The molecule has 1 aromatic heterocycles. The Kier molecular flexibility index (Phi) is 3.34. The van der Waals surface area contributed by atoms with Crippen molar-refractivity contribution in [3.05, 3.63) is 29.6 Å². The molecule has 2 heterocycles. The molecule has 1 aromatic rings. The minimum Gasteiger partial charge on any atom is -0.300 e. The lowest BCUT2D eigenvalue weighted by Gasteiger charge is -2.32. The summed E-state index contributed by atoms with van der Waals surface area (Å²) in [5.41, 5.74) is 2.28. The number of carbonyl (C=O) groups is 1. The van der Waals surface area contributed by atoms with Crippen LogP contribution in [0.15, 0.2) is 18.3 Å². The molecule has 1 fully saturated rings. The Morgan fingerprint density at radius 2 is 2.31 bits per heavy atom. The first kappa shape index (κ1) is 11.3. The SMILES string of the molecule is Cc1ccc(CN2CCC(=O)CC2C)cn1. The van der Waals surface area contributed by atoms with Crippen LogP contribution in [0.3, 0.4) is 0 Å². The summed E-state index contributed by atoms with van der Waals surface area (Å²) in [6.07, 6.45) is 3.32. The molecule has 16 heavy (non-hydrogen) atoms. The quantitative estimate of drug-likeness (QED) is 0.760. The lowest BCUT2D eigenvalue weighted by Crippen LogP contribution is -2.40. The molecule has 3 nitrogen and oxygen atoms in total. The highest BCUT2D eigenvalue weighted by molar-refractivity contribution is 5.79. The highest BCUT2D eigenvalue weighted by Gasteiger charge is 2.23. The van der Waals surface area contributed by atoms with E-state index in [4.69, 9.17) is 0 Å². The van der Waals surface area contributed by atoms with Crippen LogP contribution in [0.1, 0.15) is 31.0 Å². The Labute approximate surface area is 96.5 Å². The van der Waals surface area contributed by atoms with Crippen molar-refractivity contribution in [2.24, 2.45) is 0 Å². The number of hydrogen-bond donors (Lipinski definition) is 0. The van der Waals surface area contributed by atoms with Gasteiger partial charge in [-0.25, -0.2) is 0 Å². The molecule has 2 rings (SSSR count). The van der Waals surface area contributed by atoms with E-state index < -0.39 is 0 Å². The first-order valence-electron chi connectivity index (χ1n) is 5.82. The first-order chi connectivity index (χ1) is 7.65. The molecule has 1 saturated heterocycles. The van der Waals surface area contributed by atoms with Crippen molar-refractivity contribution in [1.82, 2.24) is 9.88 Å². The number of likely N-dealkylation sites (tertiary alicyclic amines) is 1. The van der Waals surface area contributed by atoms with Gasteiger partial charge < -0.3 is 0 Å². The van der Waals surface area contributed by atoms with E-state index in [0.29, 0.717) is 24.7 Å². The van der Waals surface area contributed by atoms with Crippen LogP contribution in [0, 0.1) is 6.92 Å². The Hall–Kier alpha value is -1.22. The van der Waals surface area contributed by atoms with E-state index in [-0.39, 0.29) is 0 Å². The van der Waals surface area contributed by atoms with Gasteiger partial charge >= 0.3 is 0 Å². The second kappa shape index (κ2) is 4.74. The van der Waals surface area contributed by atoms with Crippen LogP contribution in [-0.2, 0) is 11.3 Å². The van der Waals surface area contributed by atoms with Crippen LogP contribution in [0.4, 0.5) is 0 Å². The van der Waals surface area contributed by atoms with Crippen molar-refractivity contribution in [2.75, 3.05) is 6.54 Å². The summed E-state index contributed by atoms with van der Waals surface area (Å²) in [6, 6.07) is 4.52. The van der Waals surface area contributed by atoms with Crippen molar-refractivity contribution < 1.29 is 4.79 Å². The Bertz CT molecular complexity index is 372. The first-order valence-corrected chi connectivity index (χ1v) is 5.82. The average Bonchev–Trinajstić information content (AvgIpc) is 2.25. The maximum atomic E-state index is 11.3. The summed E-state index contributed by atoms with van der Waals surface area (Å²) in [7, 11) is 0. The van der Waals surface area contributed by atoms with Gasteiger partial charge in [-0.05, 0) is 25.5 Å². The van der Waals surface area contributed by atoms with Gasteiger partial charge in [-0.2, -0.15) is 0 Å². The third-order valence-electron chi connectivity index (χ3n) is 3.18. The van der Waals surface area contributed by atoms with Crippen molar-refractivity contribution >= 4 is 5.78 Å². The van der Waals surface area contributed by atoms with Crippen LogP contribution in [-0.4, -0.2) is 28.3 Å². The molecule has 3 heteroatoms. The van der Waals surface area contributed by atoms with Crippen molar-refractivity contribution in [3.8, 4) is 0 Å². The fourth-order valence-electron chi connectivity index (χ4n) is 2.11. The molecule has 0 aromatic carbocycles. The molecule has 1 aliphatic heterocycles. The third-order valence-corrected chi connectivity index (χ3v) is 3.18. The standard InChI is InChI=1S/C13H18N2O/c1-10-3-4-12(8-14-10)9-15-6-5-13(16)7-11(15)2/h3-4,8,11H,5-7,9H2,1-2H3. The number of ketones is 1. The highest BCUT2D eigenvalue weighted by atomic mass is 16.1. The number of piperidine rings is 1. The van der Waals surface area contributed by atoms with Crippen molar-refractivity contribution in [2.45, 2.75) is 39.3 Å². The smallest absolute Gasteiger partial charge is 0.135 e. The number of aryl methyl sites for hydroxylation is 1. The van der Waals surface area contributed by atoms with Gasteiger partial charge in [0.25, 0.3) is 0 Å². The van der Waals surface area contributed by atoms with E-state index in [2.05, 4.69) is 22.9 Å². The number of carbonyl (C=O) groups excluding carboxylic acids is 1. The maximum absolute atomic E-state index is 11.3. The zero-order valence-electron chi connectivity index (χ0n) is 9.94. The van der Waals surface area contributed by atoms with Gasteiger partial charge in [0.1, 0.15) is 5.78 Å². The summed E-state index contributed by atoms with van der Waals surface area (Å²) in [5.74, 6) is 0.394. The van der Waals surface area contributed by atoms with E-state index in [1.165, 1.54) is 5.56 Å². The molecule has 0 radical (unpaired) electrons. The normalized spacial score (nSPS) is 22.4. The molecule has 0 N–H and O–H groups in total. The molecular formula is C13H18N2O. The second-order valence-electron chi connectivity index (χ2n) is 4.62. The number of hydrogen-bond acceptors (Lipinski definition) is 3. The van der Waals surface area contributed by atoms with E-state index in [9.17, 15) is 4.79 Å². The summed E-state index contributed by atoms with van der Waals surface area (Å²) in [6.45, 7) is 5.90. The van der Waals surface area contributed by atoms with Crippen LogP contribution < -0.4 is 0 Å². The van der Waals surface area contributed by atoms with Gasteiger partial charge in [0.05, 0.1) is 0 Å². The molecule has 1 aliphatic rings. The topological polar surface area (TPSA) is 33.2 Å². The Morgan fingerprint density at radius 1 is 1.50 bits per heavy atom. The molecular weight excluding hydrogens is 200 g/mol. The minimum absolute atomic E-state index is 0.363. The summed E-state index contributed by atoms with van der Waals surface area (Å²) in [5, 5.41) is 0. The zero-order valence-corrected chi connectivity index (χ0v) is 9.94. The van der Waals surface area contributed by atoms with E-state index in [1.54, 1.807) is 0 Å². The zero-order chi connectivity index (χ0) is 11.5. The lowest BCUT2D eigenvalue weighted by atomic mass is 10.0. The van der Waals surface area contributed by atoms with E-state index >= 15 is 0 Å². The Balaban J connectivity index is 1.99. The largest absolute Gasteiger partial charge is 0.300 e. The Morgan fingerprint density at radius 3 is 2.94 bits per heavy atom. The molecule has 86 valence electrons. The predicted octanol–water partition coefficient (Wildman–Crippen LogP) is 1.94. The summed E-state index contributed by atoms with van der Waals surface area (Å²) in [4.78, 5) is 17.9. The van der Waals surface area contributed by atoms with Gasteiger partial charge in [0.2, 0.25) is 0 Å². The second-order valence-corrected chi connectivity index (χ2v) is 4.62. The average molecular weight is 218 g/mol. The number of rotatable bonds is 2. The van der Waals surface area contributed by atoms with Gasteiger partial charge in [-0.15, -0.1) is 0 Å². The van der Waals surface area contributed by atoms with E-state index in [1.807, 2.05) is 19.2 Å². The van der Waals surface area contributed by atoms with Crippen LogP contribution >= 0.6 is 0 Å². The molecule has 0 aliphatic carbocycles. The molecule has 0 spiro atoms. The van der Waals surface area contributed by atoms with Gasteiger partial charge in [-0.3, -0.25) is 14.7 Å². The number of aromatic nitrogens is 1. The number of pyridine rings is 1. The van der Waals surface area contributed by atoms with Crippen LogP contribution in [0.2, 0.25) is 0 Å². The van der Waals surface area contributed by atoms with Gasteiger partial charge in [0, 0.05) is 43.9 Å². The maximum Gasteiger partial charge on any atom is 0.135 e. The predicted molar refractivity (Wildman–Crippen MR) is 63.1 cm³/mol. The fraction of sp³-hybridized carbons (Fsp3) is 0.538. The number of Topliss-reactive ketones (excluding diaryl/α,β-unsaturated/α-hetero) is 1. The van der Waals surface area contributed by atoms with Gasteiger partial charge in [0.15, 0.2) is 0 Å². The van der Waals surface area contributed by atoms with Gasteiger partial charge in [-0.1, -0.05) is 6.07 Å². The monoisotopic (exact) mass is 218 g/mol. The van der Waals surface area contributed by atoms with Crippen LogP contribution in [0.5, 0.6) is 0 Å². The molecule has 1 unspecified atom stereocenters. The molecule has 0 bridgehead atoms. The highest BCUT2D eigenvalue weighted by Crippen LogP contribution is 2.16. The summed E-state index contributed by atoms with van der Waals surface area (Å²) < 4.78 is 0. The fourth-order valence-corrected chi connectivity index (χ4v) is 2.11. The third kappa shape index (κ3) is 2.67. The lowest BCUT2D eigenvalue weighted by molar-refractivity contribution is -0.123. The van der Waals surface area contributed by atoms with Crippen molar-refractivity contribution in [3.63, 3.8) is 0 Å². The molecule has 0 amide bonds. The number of nitrogens with zero attached hydrogens (tertiary/aromatic N) is 2. The van der Waals surface area contributed by atoms with Crippen LogP contribution in [0.25, 0.3) is 0 Å². The minimum atomic E-state index is 0.363. The summed E-state index contributed by atoms with van der Waals surface area (Å²) >= 11 is 0. The van der Waals surface area contributed by atoms with Crippen molar-refractivity contribution in [1.29, 1.82) is 0 Å². The van der Waals surface area contributed by atoms with E-state index in [0.717, 1.165) is 18.8 Å².